The molecule has 2 rings (SSSR count). The third kappa shape index (κ3) is 3.23. The molecule has 1 aliphatic rings. The smallest absolute Gasteiger partial charge is 0.340 e. The van der Waals surface area contributed by atoms with Crippen LogP contribution in [-0.4, -0.2) is 30.9 Å². The Morgan fingerprint density at radius 2 is 2.17 bits per heavy atom. The Morgan fingerprint density at radius 1 is 1.44 bits per heavy atom. The minimum absolute atomic E-state index is 0.185. The van der Waals surface area contributed by atoms with Crippen LogP contribution in [-0.2, 0) is 4.74 Å². The Balaban J connectivity index is 2.04. The first-order chi connectivity index (χ1) is 8.68. The van der Waals surface area contributed by atoms with Gasteiger partial charge in [0.1, 0.15) is 11.3 Å². The molecule has 0 spiro atoms. The highest BCUT2D eigenvalue weighted by Gasteiger charge is 2.18. The first-order valence-electron chi connectivity index (χ1n) is 5.91. The SMILES string of the molecule is O=C(O)c1c(Br)cccc1OCC1CCOCC1. The Kier molecular flexibility index (Phi) is 4.60. The second-order valence-electron chi connectivity index (χ2n) is 4.28. The van der Waals surface area contributed by atoms with E-state index in [1.54, 1.807) is 18.2 Å². The van der Waals surface area contributed by atoms with Crippen molar-refractivity contribution in [3.63, 3.8) is 0 Å². The fourth-order valence-electron chi connectivity index (χ4n) is 1.95. The van der Waals surface area contributed by atoms with Gasteiger partial charge in [0.25, 0.3) is 0 Å². The number of ether oxygens (including phenoxy) is 2. The second-order valence-corrected chi connectivity index (χ2v) is 5.14. The lowest BCUT2D eigenvalue weighted by molar-refractivity contribution is 0.0490. The minimum Gasteiger partial charge on any atom is -0.492 e. The summed E-state index contributed by atoms with van der Waals surface area (Å²) < 4.78 is 11.5. The lowest BCUT2D eigenvalue weighted by Crippen LogP contribution is -2.22. The Bertz CT molecular complexity index is 427. The van der Waals surface area contributed by atoms with Gasteiger partial charge in [-0.2, -0.15) is 0 Å². The molecule has 0 amide bonds. The van der Waals surface area contributed by atoms with E-state index < -0.39 is 5.97 Å². The number of aromatic carboxylic acids is 1. The van der Waals surface area contributed by atoms with Gasteiger partial charge in [0, 0.05) is 17.7 Å². The predicted molar refractivity (Wildman–Crippen MR) is 70.1 cm³/mol. The summed E-state index contributed by atoms with van der Waals surface area (Å²) in [5, 5.41) is 9.15. The van der Waals surface area contributed by atoms with Gasteiger partial charge >= 0.3 is 5.97 Å². The molecule has 0 aromatic heterocycles. The van der Waals surface area contributed by atoms with Gasteiger partial charge in [-0.05, 0) is 46.8 Å². The highest BCUT2D eigenvalue weighted by molar-refractivity contribution is 9.10. The van der Waals surface area contributed by atoms with Crippen molar-refractivity contribution in [2.24, 2.45) is 5.92 Å². The molecule has 0 unspecified atom stereocenters. The second kappa shape index (κ2) is 6.20. The number of carboxylic acids is 1. The molecule has 1 heterocycles. The summed E-state index contributed by atoms with van der Waals surface area (Å²) in [6.07, 6.45) is 1.94. The molecule has 1 aromatic carbocycles. The van der Waals surface area contributed by atoms with Crippen LogP contribution in [0.25, 0.3) is 0 Å². The molecule has 1 aromatic rings. The molecule has 1 N–H and O–H groups in total. The van der Waals surface area contributed by atoms with E-state index in [9.17, 15) is 4.79 Å². The quantitative estimate of drug-likeness (QED) is 0.928. The summed E-state index contributed by atoms with van der Waals surface area (Å²) in [5.74, 6) is -0.118. The molecule has 0 aliphatic carbocycles. The van der Waals surface area contributed by atoms with Crippen molar-refractivity contribution < 1.29 is 19.4 Å². The summed E-state index contributed by atoms with van der Waals surface area (Å²) >= 11 is 3.23. The molecule has 5 heteroatoms. The van der Waals surface area contributed by atoms with Gasteiger partial charge in [-0.15, -0.1) is 0 Å². The maximum Gasteiger partial charge on any atom is 0.340 e. The van der Waals surface area contributed by atoms with E-state index in [4.69, 9.17) is 14.6 Å². The standard InChI is InChI=1S/C13H15BrO4/c14-10-2-1-3-11(12(10)13(15)16)18-8-9-4-6-17-7-5-9/h1-3,9H,4-8H2,(H,15,16). The normalized spacial score (nSPS) is 16.5. The van der Waals surface area contributed by atoms with Gasteiger partial charge < -0.3 is 14.6 Å². The zero-order valence-corrected chi connectivity index (χ0v) is 11.5. The van der Waals surface area contributed by atoms with E-state index in [1.165, 1.54) is 0 Å². The summed E-state index contributed by atoms with van der Waals surface area (Å²) in [6.45, 7) is 2.07. The summed E-state index contributed by atoms with van der Waals surface area (Å²) in [4.78, 5) is 11.2. The molecule has 18 heavy (non-hydrogen) atoms. The molecule has 0 bridgehead atoms. The molecule has 0 atom stereocenters. The maximum absolute atomic E-state index is 11.2. The van der Waals surface area contributed by atoms with Crippen molar-refractivity contribution in [1.29, 1.82) is 0 Å². The third-order valence-corrected chi connectivity index (χ3v) is 3.67. The van der Waals surface area contributed by atoms with Crippen LogP contribution in [0.3, 0.4) is 0 Å². The van der Waals surface area contributed by atoms with Crippen molar-refractivity contribution in [3.05, 3.63) is 28.2 Å². The van der Waals surface area contributed by atoms with Crippen molar-refractivity contribution >= 4 is 21.9 Å². The van der Waals surface area contributed by atoms with Gasteiger partial charge in [-0.25, -0.2) is 4.79 Å². The zero-order chi connectivity index (χ0) is 13.0. The van der Waals surface area contributed by atoms with E-state index in [0.717, 1.165) is 26.1 Å². The van der Waals surface area contributed by atoms with Crippen molar-refractivity contribution in [2.45, 2.75) is 12.8 Å². The van der Waals surface area contributed by atoms with Crippen LogP contribution >= 0.6 is 15.9 Å². The van der Waals surface area contributed by atoms with Crippen molar-refractivity contribution in [3.8, 4) is 5.75 Å². The number of rotatable bonds is 4. The third-order valence-electron chi connectivity index (χ3n) is 3.00. The Hall–Kier alpha value is -1.07. The van der Waals surface area contributed by atoms with Crippen LogP contribution in [0.15, 0.2) is 22.7 Å². The van der Waals surface area contributed by atoms with Crippen molar-refractivity contribution in [2.75, 3.05) is 19.8 Å². The number of benzene rings is 1. The van der Waals surface area contributed by atoms with E-state index >= 15 is 0 Å². The average Bonchev–Trinajstić information content (AvgIpc) is 2.37. The number of hydrogen-bond acceptors (Lipinski definition) is 3. The maximum atomic E-state index is 11.2. The van der Waals surface area contributed by atoms with Gasteiger partial charge in [0.05, 0.1) is 6.61 Å². The molecule has 0 saturated carbocycles. The number of hydrogen-bond donors (Lipinski definition) is 1. The van der Waals surface area contributed by atoms with Crippen molar-refractivity contribution in [1.82, 2.24) is 0 Å². The van der Waals surface area contributed by atoms with Crippen LogP contribution in [0.5, 0.6) is 5.75 Å². The van der Waals surface area contributed by atoms with Crippen LogP contribution in [0.4, 0.5) is 0 Å². The minimum atomic E-state index is -0.982. The monoisotopic (exact) mass is 314 g/mol. The van der Waals surface area contributed by atoms with E-state index in [-0.39, 0.29) is 5.56 Å². The number of carboxylic acid groups (broad SMARTS) is 1. The highest BCUT2D eigenvalue weighted by atomic mass is 79.9. The van der Waals surface area contributed by atoms with Gasteiger partial charge in [-0.1, -0.05) is 6.07 Å². The van der Waals surface area contributed by atoms with Gasteiger partial charge in [-0.3, -0.25) is 0 Å². The zero-order valence-electron chi connectivity index (χ0n) is 9.89. The lowest BCUT2D eigenvalue weighted by atomic mass is 10.0. The van der Waals surface area contributed by atoms with Crippen LogP contribution in [0.1, 0.15) is 23.2 Å². The van der Waals surface area contributed by atoms with E-state index in [0.29, 0.717) is 22.7 Å². The Morgan fingerprint density at radius 3 is 2.83 bits per heavy atom. The van der Waals surface area contributed by atoms with Crippen LogP contribution in [0.2, 0.25) is 0 Å². The first kappa shape index (κ1) is 13.4. The molecular weight excluding hydrogens is 300 g/mol. The molecule has 1 fully saturated rings. The first-order valence-corrected chi connectivity index (χ1v) is 6.70. The molecule has 1 saturated heterocycles. The fourth-order valence-corrected chi connectivity index (χ4v) is 2.47. The van der Waals surface area contributed by atoms with Crippen LogP contribution in [0, 0.1) is 5.92 Å². The predicted octanol–water partition coefficient (Wildman–Crippen LogP) is 2.95. The molecule has 98 valence electrons. The van der Waals surface area contributed by atoms with Gasteiger partial charge in [0.2, 0.25) is 0 Å². The van der Waals surface area contributed by atoms with E-state index in [1.807, 2.05) is 0 Å². The number of carbonyl (C=O) groups is 1. The van der Waals surface area contributed by atoms with Gasteiger partial charge in [0.15, 0.2) is 0 Å². The largest absolute Gasteiger partial charge is 0.492 e. The van der Waals surface area contributed by atoms with Crippen LogP contribution < -0.4 is 4.74 Å². The lowest BCUT2D eigenvalue weighted by Gasteiger charge is -2.22. The number of halogens is 1. The fraction of sp³-hybridized carbons (Fsp3) is 0.462. The Labute approximate surface area is 114 Å². The molecule has 4 nitrogen and oxygen atoms in total. The molecule has 0 radical (unpaired) electrons. The topological polar surface area (TPSA) is 55.8 Å². The molecule has 1 aliphatic heterocycles. The highest BCUT2D eigenvalue weighted by Crippen LogP contribution is 2.27. The average molecular weight is 315 g/mol. The summed E-state index contributed by atoms with van der Waals surface area (Å²) in [5.41, 5.74) is 0.185. The summed E-state index contributed by atoms with van der Waals surface area (Å²) in [6, 6.07) is 5.16. The summed E-state index contributed by atoms with van der Waals surface area (Å²) in [7, 11) is 0. The molecular formula is C13H15BrO4. The van der Waals surface area contributed by atoms with E-state index in [2.05, 4.69) is 15.9 Å².